The topological polar surface area (TPSA) is 79.5 Å². The molecule has 0 saturated heterocycles. The quantitative estimate of drug-likeness (QED) is 0.482. The first-order chi connectivity index (χ1) is 15.6. The zero-order valence-electron chi connectivity index (χ0n) is 18.0. The molecule has 0 spiro atoms. The van der Waals surface area contributed by atoms with E-state index in [2.05, 4.69) is 16.0 Å². The third-order valence-corrected chi connectivity index (χ3v) is 5.41. The summed E-state index contributed by atoms with van der Waals surface area (Å²) in [5, 5.41) is 9.20. The molecule has 1 saturated carbocycles. The van der Waals surface area contributed by atoms with E-state index in [1.165, 1.54) is 0 Å². The van der Waals surface area contributed by atoms with Crippen LogP contribution < -0.4 is 20.7 Å². The van der Waals surface area contributed by atoms with E-state index in [1.54, 1.807) is 31.4 Å². The average molecular weight is 430 g/mol. The molecule has 4 rings (SSSR count). The zero-order valence-corrected chi connectivity index (χ0v) is 18.0. The Balaban J connectivity index is 1.45. The van der Waals surface area contributed by atoms with Crippen LogP contribution >= 0.6 is 0 Å². The summed E-state index contributed by atoms with van der Waals surface area (Å²) in [6.07, 6.45) is 2.02. The number of benzene rings is 3. The van der Waals surface area contributed by atoms with Gasteiger partial charge in [0.2, 0.25) is 5.91 Å². The number of para-hydroxylation sites is 1. The Bertz CT molecular complexity index is 1060. The summed E-state index contributed by atoms with van der Waals surface area (Å²) in [5.41, 5.74) is 3.06. The van der Waals surface area contributed by atoms with E-state index in [-0.39, 0.29) is 30.4 Å². The van der Waals surface area contributed by atoms with Crippen LogP contribution in [-0.4, -0.2) is 31.5 Å². The number of rotatable bonds is 9. The summed E-state index contributed by atoms with van der Waals surface area (Å²) in [6.45, 7) is 0.0875. The number of anilines is 1. The Hall–Kier alpha value is -3.64. The van der Waals surface area contributed by atoms with Crippen molar-refractivity contribution in [1.82, 2.24) is 10.6 Å². The maximum Gasteiger partial charge on any atom is 0.253 e. The van der Waals surface area contributed by atoms with Crippen molar-refractivity contribution in [2.75, 3.05) is 19.0 Å². The van der Waals surface area contributed by atoms with Gasteiger partial charge in [0, 0.05) is 6.04 Å². The largest absolute Gasteiger partial charge is 0.497 e. The summed E-state index contributed by atoms with van der Waals surface area (Å²) in [6, 6.07) is 24.9. The fraction of sp³-hybridized carbons (Fsp3) is 0.231. The molecule has 0 bridgehead atoms. The number of carbonyl (C=O) groups is 2. The zero-order chi connectivity index (χ0) is 22.3. The van der Waals surface area contributed by atoms with E-state index >= 15 is 0 Å². The van der Waals surface area contributed by atoms with Crippen LogP contribution in [0.4, 0.5) is 5.69 Å². The van der Waals surface area contributed by atoms with Crippen molar-refractivity contribution in [3.05, 3.63) is 95.6 Å². The van der Waals surface area contributed by atoms with E-state index in [0.29, 0.717) is 11.3 Å². The van der Waals surface area contributed by atoms with Crippen LogP contribution in [0.5, 0.6) is 5.75 Å². The lowest BCUT2D eigenvalue weighted by molar-refractivity contribution is -0.115. The van der Waals surface area contributed by atoms with Crippen molar-refractivity contribution in [3.63, 3.8) is 0 Å². The number of amides is 2. The highest BCUT2D eigenvalue weighted by molar-refractivity contribution is 6.04. The lowest BCUT2D eigenvalue weighted by atomic mass is 9.98. The van der Waals surface area contributed by atoms with Crippen molar-refractivity contribution in [2.24, 2.45) is 0 Å². The van der Waals surface area contributed by atoms with Gasteiger partial charge in [0.1, 0.15) is 5.75 Å². The maximum absolute atomic E-state index is 12.8. The molecular formula is C26H27N3O3. The average Bonchev–Trinajstić information content (AvgIpc) is 3.64. The smallest absolute Gasteiger partial charge is 0.253 e. The van der Waals surface area contributed by atoms with E-state index < -0.39 is 0 Å². The summed E-state index contributed by atoms with van der Waals surface area (Å²) in [4.78, 5) is 25.3. The van der Waals surface area contributed by atoms with E-state index in [4.69, 9.17) is 4.74 Å². The van der Waals surface area contributed by atoms with Gasteiger partial charge in [-0.15, -0.1) is 0 Å². The van der Waals surface area contributed by atoms with Gasteiger partial charge in [-0.1, -0.05) is 54.6 Å². The Labute approximate surface area is 188 Å². The van der Waals surface area contributed by atoms with Gasteiger partial charge in [0.25, 0.3) is 5.91 Å². The fourth-order valence-electron chi connectivity index (χ4n) is 3.54. The predicted molar refractivity (Wildman–Crippen MR) is 125 cm³/mol. The summed E-state index contributed by atoms with van der Waals surface area (Å²) in [5.74, 6) is 0.405. The number of hydrogen-bond acceptors (Lipinski definition) is 4. The lowest BCUT2D eigenvalue weighted by Gasteiger charge is -2.20. The van der Waals surface area contributed by atoms with Gasteiger partial charge < -0.3 is 15.4 Å². The second-order valence-electron chi connectivity index (χ2n) is 7.84. The SMILES string of the molecule is COc1ccc([C@@H](NCC(=O)Nc2ccccc2C(=O)NC2CC2)c2ccccc2)cc1. The molecule has 1 atom stereocenters. The van der Waals surface area contributed by atoms with Gasteiger partial charge in [-0.05, 0) is 48.2 Å². The fourth-order valence-corrected chi connectivity index (χ4v) is 3.54. The number of carbonyl (C=O) groups excluding carboxylic acids is 2. The highest BCUT2D eigenvalue weighted by Crippen LogP contribution is 2.24. The van der Waals surface area contributed by atoms with Crippen molar-refractivity contribution in [2.45, 2.75) is 24.9 Å². The molecule has 2 amide bonds. The van der Waals surface area contributed by atoms with Crippen LogP contribution in [0.25, 0.3) is 0 Å². The summed E-state index contributed by atoms with van der Waals surface area (Å²) in [7, 11) is 1.63. The van der Waals surface area contributed by atoms with Crippen LogP contribution in [0.2, 0.25) is 0 Å². The van der Waals surface area contributed by atoms with Gasteiger partial charge in [-0.3, -0.25) is 14.9 Å². The number of methoxy groups -OCH3 is 1. The van der Waals surface area contributed by atoms with Crippen LogP contribution in [0.15, 0.2) is 78.9 Å². The second kappa shape index (κ2) is 10.1. The molecule has 0 aromatic heterocycles. The van der Waals surface area contributed by atoms with Gasteiger partial charge in [-0.25, -0.2) is 0 Å². The predicted octanol–water partition coefficient (Wildman–Crippen LogP) is 3.91. The molecule has 0 radical (unpaired) electrons. The molecule has 6 nitrogen and oxygen atoms in total. The third kappa shape index (κ3) is 5.53. The second-order valence-corrected chi connectivity index (χ2v) is 7.84. The van der Waals surface area contributed by atoms with Gasteiger partial charge in [-0.2, -0.15) is 0 Å². The highest BCUT2D eigenvalue weighted by Gasteiger charge is 2.25. The lowest BCUT2D eigenvalue weighted by Crippen LogP contribution is -2.33. The molecule has 1 aliphatic carbocycles. The monoisotopic (exact) mass is 429 g/mol. The normalized spacial score (nSPS) is 13.8. The molecule has 6 heteroatoms. The molecule has 32 heavy (non-hydrogen) atoms. The Morgan fingerprint density at radius 3 is 2.25 bits per heavy atom. The summed E-state index contributed by atoms with van der Waals surface area (Å²) < 4.78 is 5.26. The first kappa shape index (κ1) is 21.6. The molecule has 3 aromatic carbocycles. The van der Waals surface area contributed by atoms with Crippen LogP contribution in [0.1, 0.15) is 40.4 Å². The minimum atomic E-state index is -0.217. The Kier molecular flexibility index (Phi) is 6.82. The van der Waals surface area contributed by atoms with E-state index in [1.807, 2.05) is 54.6 Å². The minimum Gasteiger partial charge on any atom is -0.497 e. The maximum atomic E-state index is 12.8. The Morgan fingerprint density at radius 2 is 1.56 bits per heavy atom. The first-order valence-electron chi connectivity index (χ1n) is 10.8. The molecule has 1 fully saturated rings. The molecular weight excluding hydrogens is 402 g/mol. The van der Waals surface area contributed by atoms with Crippen molar-refractivity contribution in [3.8, 4) is 5.75 Å². The molecule has 3 N–H and O–H groups in total. The number of nitrogens with one attached hydrogen (secondary N) is 3. The first-order valence-corrected chi connectivity index (χ1v) is 10.8. The van der Waals surface area contributed by atoms with E-state index in [0.717, 1.165) is 29.7 Å². The number of ether oxygens (including phenoxy) is 1. The molecule has 164 valence electrons. The van der Waals surface area contributed by atoms with E-state index in [9.17, 15) is 9.59 Å². The van der Waals surface area contributed by atoms with Gasteiger partial charge in [0.05, 0.1) is 30.9 Å². The van der Waals surface area contributed by atoms with Crippen LogP contribution in [0, 0.1) is 0 Å². The van der Waals surface area contributed by atoms with Gasteiger partial charge >= 0.3 is 0 Å². The molecule has 0 heterocycles. The molecule has 1 aliphatic rings. The standard InChI is InChI=1S/C26H27N3O3/c1-32-21-15-11-19(12-16-21)25(18-7-3-2-4-8-18)27-17-24(30)29-23-10-6-5-9-22(23)26(31)28-20-13-14-20/h2-12,15-16,20,25,27H,13-14,17H2,1H3,(H,28,31)(H,29,30)/t25-/m0/s1. The number of hydrogen-bond donors (Lipinski definition) is 3. The molecule has 3 aromatic rings. The minimum absolute atomic E-state index is 0.0875. The third-order valence-electron chi connectivity index (χ3n) is 5.41. The van der Waals surface area contributed by atoms with Crippen molar-refractivity contribution >= 4 is 17.5 Å². The Morgan fingerprint density at radius 1 is 0.906 bits per heavy atom. The summed E-state index contributed by atoms with van der Waals surface area (Å²) >= 11 is 0. The van der Waals surface area contributed by atoms with Crippen molar-refractivity contribution < 1.29 is 14.3 Å². The molecule has 0 unspecified atom stereocenters. The highest BCUT2D eigenvalue weighted by atomic mass is 16.5. The molecule has 0 aliphatic heterocycles. The van der Waals surface area contributed by atoms with Crippen LogP contribution in [0.3, 0.4) is 0 Å². The van der Waals surface area contributed by atoms with Crippen LogP contribution in [-0.2, 0) is 4.79 Å². The van der Waals surface area contributed by atoms with Gasteiger partial charge in [0.15, 0.2) is 0 Å². The van der Waals surface area contributed by atoms with Crippen molar-refractivity contribution in [1.29, 1.82) is 0 Å².